The molecule has 94 valence electrons. The van der Waals surface area contributed by atoms with E-state index in [9.17, 15) is 0 Å². The van der Waals surface area contributed by atoms with Gasteiger partial charge in [0.1, 0.15) is 0 Å². The highest BCUT2D eigenvalue weighted by atomic mass is 35.5. The standard InChI is InChI=1S/C12H19ClN4/c1-2-17(9-10-5-7-14-8-6-10)12-4-3-11(13)15-16-12/h3-4,10,14H,2,5-9H2,1H3. The second-order valence-corrected chi connectivity index (χ2v) is 4.83. The molecule has 2 rings (SSSR count). The summed E-state index contributed by atoms with van der Waals surface area (Å²) in [6.45, 7) is 6.44. The lowest BCUT2D eigenvalue weighted by atomic mass is 9.97. The van der Waals surface area contributed by atoms with Crippen LogP contribution < -0.4 is 10.2 Å². The van der Waals surface area contributed by atoms with E-state index in [0.717, 1.165) is 37.9 Å². The van der Waals surface area contributed by atoms with Crippen molar-refractivity contribution in [2.24, 2.45) is 5.92 Å². The average Bonchev–Trinajstić information content (AvgIpc) is 2.38. The van der Waals surface area contributed by atoms with Gasteiger partial charge in [0.25, 0.3) is 0 Å². The van der Waals surface area contributed by atoms with Gasteiger partial charge in [-0.05, 0) is 50.9 Å². The number of halogens is 1. The molecule has 0 aromatic carbocycles. The summed E-state index contributed by atoms with van der Waals surface area (Å²) >= 11 is 5.75. The minimum atomic E-state index is 0.451. The maximum absolute atomic E-state index is 5.75. The molecule has 1 fully saturated rings. The van der Waals surface area contributed by atoms with E-state index in [4.69, 9.17) is 11.6 Å². The van der Waals surface area contributed by atoms with Gasteiger partial charge in [-0.25, -0.2) is 0 Å². The van der Waals surface area contributed by atoms with Crippen molar-refractivity contribution < 1.29 is 0 Å². The third kappa shape index (κ3) is 3.54. The molecule has 0 unspecified atom stereocenters. The minimum absolute atomic E-state index is 0.451. The third-order valence-corrected chi connectivity index (χ3v) is 3.46. The number of rotatable bonds is 4. The van der Waals surface area contributed by atoms with Gasteiger partial charge in [-0.1, -0.05) is 11.6 Å². The molecule has 5 heteroatoms. The van der Waals surface area contributed by atoms with Gasteiger partial charge in [-0.3, -0.25) is 0 Å². The van der Waals surface area contributed by atoms with E-state index < -0.39 is 0 Å². The summed E-state index contributed by atoms with van der Waals surface area (Å²) in [4.78, 5) is 2.28. The Morgan fingerprint density at radius 1 is 1.35 bits per heavy atom. The van der Waals surface area contributed by atoms with E-state index in [1.54, 1.807) is 6.07 Å². The molecule has 0 bridgehead atoms. The van der Waals surface area contributed by atoms with Crippen molar-refractivity contribution >= 4 is 17.4 Å². The molecule has 1 aliphatic heterocycles. The number of anilines is 1. The van der Waals surface area contributed by atoms with Gasteiger partial charge in [-0.2, -0.15) is 0 Å². The number of hydrogen-bond donors (Lipinski definition) is 1. The van der Waals surface area contributed by atoms with Crippen molar-refractivity contribution in [3.63, 3.8) is 0 Å². The lowest BCUT2D eigenvalue weighted by Crippen LogP contribution is -2.36. The molecule has 17 heavy (non-hydrogen) atoms. The summed E-state index contributed by atoms with van der Waals surface area (Å²) in [6, 6.07) is 3.74. The van der Waals surface area contributed by atoms with Gasteiger partial charge < -0.3 is 10.2 Å². The fourth-order valence-corrected chi connectivity index (χ4v) is 2.34. The molecule has 0 radical (unpaired) electrons. The van der Waals surface area contributed by atoms with E-state index >= 15 is 0 Å². The highest BCUT2D eigenvalue weighted by molar-refractivity contribution is 6.29. The first-order chi connectivity index (χ1) is 8.29. The number of piperidine rings is 1. The molecule has 1 aromatic rings. The quantitative estimate of drug-likeness (QED) is 0.892. The topological polar surface area (TPSA) is 41.0 Å². The van der Waals surface area contributed by atoms with Crippen LogP contribution in [-0.2, 0) is 0 Å². The Hall–Kier alpha value is -0.870. The molecule has 2 heterocycles. The zero-order chi connectivity index (χ0) is 12.1. The molecule has 0 amide bonds. The van der Waals surface area contributed by atoms with Crippen LogP contribution in [0, 0.1) is 5.92 Å². The van der Waals surface area contributed by atoms with Gasteiger partial charge in [0, 0.05) is 13.1 Å². The van der Waals surface area contributed by atoms with Crippen molar-refractivity contribution in [3.05, 3.63) is 17.3 Å². The average molecular weight is 255 g/mol. The summed E-state index contributed by atoms with van der Waals surface area (Å²) in [6.07, 6.45) is 2.50. The van der Waals surface area contributed by atoms with Crippen LogP contribution in [0.3, 0.4) is 0 Å². The first-order valence-electron chi connectivity index (χ1n) is 6.24. The minimum Gasteiger partial charge on any atom is -0.355 e. The van der Waals surface area contributed by atoms with E-state index in [0.29, 0.717) is 5.15 Å². The largest absolute Gasteiger partial charge is 0.355 e. The van der Waals surface area contributed by atoms with Gasteiger partial charge in [-0.15, -0.1) is 10.2 Å². The number of aromatic nitrogens is 2. The molecule has 0 atom stereocenters. The van der Waals surface area contributed by atoms with Crippen LogP contribution in [0.25, 0.3) is 0 Å². The Labute approximate surface area is 107 Å². The van der Waals surface area contributed by atoms with E-state index in [1.807, 2.05) is 6.07 Å². The summed E-state index contributed by atoms with van der Waals surface area (Å²) in [5.41, 5.74) is 0. The van der Waals surface area contributed by atoms with E-state index in [1.165, 1.54) is 12.8 Å². The Kier molecular flexibility index (Phi) is 4.57. The summed E-state index contributed by atoms with van der Waals surface area (Å²) < 4.78 is 0. The highest BCUT2D eigenvalue weighted by Crippen LogP contribution is 2.18. The Bertz CT molecular complexity index is 335. The van der Waals surface area contributed by atoms with Crippen LogP contribution in [0.1, 0.15) is 19.8 Å². The molecule has 0 spiro atoms. The van der Waals surface area contributed by atoms with Crippen molar-refractivity contribution in [3.8, 4) is 0 Å². The Morgan fingerprint density at radius 2 is 2.12 bits per heavy atom. The predicted octanol–water partition coefficient (Wildman–Crippen LogP) is 1.96. The number of nitrogens with zero attached hydrogens (tertiary/aromatic N) is 3. The molecular weight excluding hydrogens is 236 g/mol. The van der Waals surface area contributed by atoms with Crippen molar-refractivity contribution in [1.29, 1.82) is 0 Å². The second kappa shape index (κ2) is 6.17. The smallest absolute Gasteiger partial charge is 0.151 e. The maximum Gasteiger partial charge on any atom is 0.151 e. The van der Waals surface area contributed by atoms with Crippen LogP contribution in [0.4, 0.5) is 5.82 Å². The van der Waals surface area contributed by atoms with Crippen molar-refractivity contribution in [2.45, 2.75) is 19.8 Å². The van der Waals surface area contributed by atoms with Crippen LogP contribution in [0.2, 0.25) is 5.15 Å². The summed E-state index contributed by atoms with van der Waals surface area (Å²) in [7, 11) is 0. The monoisotopic (exact) mass is 254 g/mol. The summed E-state index contributed by atoms with van der Waals surface area (Å²) in [5.74, 6) is 1.68. The molecular formula is C12H19ClN4. The molecule has 0 aliphatic carbocycles. The highest BCUT2D eigenvalue weighted by Gasteiger charge is 2.17. The molecule has 4 nitrogen and oxygen atoms in total. The Morgan fingerprint density at radius 3 is 2.71 bits per heavy atom. The molecule has 1 aromatic heterocycles. The number of nitrogens with one attached hydrogen (secondary N) is 1. The van der Waals surface area contributed by atoms with Gasteiger partial charge >= 0.3 is 0 Å². The first kappa shape index (κ1) is 12.6. The van der Waals surface area contributed by atoms with Gasteiger partial charge in [0.05, 0.1) is 0 Å². The van der Waals surface area contributed by atoms with Crippen molar-refractivity contribution in [1.82, 2.24) is 15.5 Å². The molecule has 1 aliphatic rings. The zero-order valence-electron chi connectivity index (χ0n) is 10.2. The maximum atomic E-state index is 5.75. The van der Waals surface area contributed by atoms with Crippen LogP contribution in [-0.4, -0.2) is 36.4 Å². The van der Waals surface area contributed by atoms with Crippen LogP contribution in [0.5, 0.6) is 0 Å². The van der Waals surface area contributed by atoms with Crippen molar-refractivity contribution in [2.75, 3.05) is 31.1 Å². The molecule has 1 N–H and O–H groups in total. The van der Waals surface area contributed by atoms with Gasteiger partial charge in [0.15, 0.2) is 11.0 Å². The zero-order valence-corrected chi connectivity index (χ0v) is 11.0. The lowest BCUT2D eigenvalue weighted by Gasteiger charge is -2.29. The van der Waals surface area contributed by atoms with E-state index in [-0.39, 0.29) is 0 Å². The van der Waals surface area contributed by atoms with Gasteiger partial charge in [0.2, 0.25) is 0 Å². The van der Waals surface area contributed by atoms with Crippen LogP contribution >= 0.6 is 11.6 Å². The Balaban J connectivity index is 1.97. The first-order valence-corrected chi connectivity index (χ1v) is 6.62. The second-order valence-electron chi connectivity index (χ2n) is 4.45. The fraction of sp³-hybridized carbons (Fsp3) is 0.667. The number of hydrogen-bond acceptors (Lipinski definition) is 4. The normalized spacial score (nSPS) is 17.1. The summed E-state index contributed by atoms with van der Waals surface area (Å²) in [5, 5.41) is 11.9. The van der Waals surface area contributed by atoms with Crippen LogP contribution in [0.15, 0.2) is 12.1 Å². The fourth-order valence-electron chi connectivity index (χ4n) is 2.24. The molecule has 0 saturated carbocycles. The lowest BCUT2D eigenvalue weighted by molar-refractivity contribution is 0.374. The SMILES string of the molecule is CCN(CC1CCNCC1)c1ccc(Cl)nn1. The molecule has 1 saturated heterocycles. The van der Waals surface area contributed by atoms with E-state index in [2.05, 4.69) is 27.3 Å². The predicted molar refractivity (Wildman–Crippen MR) is 70.5 cm³/mol. The third-order valence-electron chi connectivity index (χ3n) is 3.26.